The zero-order valence-corrected chi connectivity index (χ0v) is 18.6. The van der Waals surface area contributed by atoms with Crippen LogP contribution < -0.4 is 14.8 Å². The van der Waals surface area contributed by atoms with E-state index >= 15 is 0 Å². The SMILES string of the molecule is COc1cccc(Cc2nsc(Oc3cc(C(=O)NCc4ccccn4)ccc3C)n2)c1. The molecule has 0 spiro atoms. The van der Waals surface area contributed by atoms with Gasteiger partial charge in [0.05, 0.1) is 19.3 Å². The van der Waals surface area contributed by atoms with Gasteiger partial charge in [-0.25, -0.2) is 0 Å². The van der Waals surface area contributed by atoms with Gasteiger partial charge in [-0.15, -0.1) is 0 Å². The molecule has 2 heterocycles. The number of aryl methyl sites for hydroxylation is 1. The van der Waals surface area contributed by atoms with Crippen LogP contribution in [0.3, 0.4) is 0 Å². The van der Waals surface area contributed by atoms with E-state index in [0.717, 1.165) is 22.6 Å². The first-order chi connectivity index (χ1) is 15.6. The number of pyridine rings is 1. The van der Waals surface area contributed by atoms with Crippen molar-refractivity contribution in [3.63, 3.8) is 0 Å². The number of aromatic nitrogens is 3. The number of carbonyl (C=O) groups excluding carboxylic acids is 1. The van der Waals surface area contributed by atoms with Crippen LogP contribution in [-0.4, -0.2) is 27.4 Å². The Balaban J connectivity index is 1.42. The molecule has 0 aliphatic carbocycles. The molecule has 32 heavy (non-hydrogen) atoms. The van der Waals surface area contributed by atoms with Crippen LogP contribution in [0.25, 0.3) is 0 Å². The molecule has 4 aromatic rings. The number of benzene rings is 2. The lowest BCUT2D eigenvalue weighted by Crippen LogP contribution is -2.23. The maximum atomic E-state index is 12.6. The highest BCUT2D eigenvalue weighted by molar-refractivity contribution is 7.07. The lowest BCUT2D eigenvalue weighted by molar-refractivity contribution is 0.0950. The zero-order chi connectivity index (χ0) is 22.3. The van der Waals surface area contributed by atoms with Crippen LogP contribution >= 0.6 is 11.5 Å². The van der Waals surface area contributed by atoms with E-state index in [1.165, 1.54) is 11.5 Å². The Hall–Kier alpha value is -3.78. The van der Waals surface area contributed by atoms with Gasteiger partial charge < -0.3 is 14.8 Å². The van der Waals surface area contributed by atoms with E-state index < -0.39 is 0 Å². The van der Waals surface area contributed by atoms with Gasteiger partial charge in [0.2, 0.25) is 0 Å². The average molecular weight is 447 g/mol. The van der Waals surface area contributed by atoms with Gasteiger partial charge in [-0.2, -0.15) is 9.36 Å². The van der Waals surface area contributed by atoms with E-state index in [4.69, 9.17) is 9.47 Å². The van der Waals surface area contributed by atoms with Crippen molar-refractivity contribution >= 4 is 17.4 Å². The first kappa shape index (κ1) is 21.5. The fraction of sp³-hybridized carbons (Fsp3) is 0.167. The second-order valence-electron chi connectivity index (χ2n) is 7.09. The first-order valence-electron chi connectivity index (χ1n) is 10.0. The molecule has 1 N–H and O–H groups in total. The fourth-order valence-corrected chi connectivity index (χ4v) is 3.60. The van der Waals surface area contributed by atoms with Gasteiger partial charge in [0.15, 0.2) is 5.82 Å². The smallest absolute Gasteiger partial charge is 0.298 e. The molecule has 2 aromatic carbocycles. The number of ether oxygens (including phenoxy) is 2. The van der Waals surface area contributed by atoms with Gasteiger partial charge in [-0.1, -0.05) is 24.3 Å². The summed E-state index contributed by atoms with van der Waals surface area (Å²) in [6.45, 7) is 2.27. The van der Waals surface area contributed by atoms with Gasteiger partial charge in [0.25, 0.3) is 11.1 Å². The molecule has 0 saturated heterocycles. The monoisotopic (exact) mass is 446 g/mol. The first-order valence-corrected chi connectivity index (χ1v) is 10.8. The van der Waals surface area contributed by atoms with Gasteiger partial charge in [-0.3, -0.25) is 9.78 Å². The van der Waals surface area contributed by atoms with Crippen molar-refractivity contribution in [1.82, 2.24) is 19.7 Å². The third-order valence-corrected chi connectivity index (χ3v) is 5.38. The summed E-state index contributed by atoms with van der Waals surface area (Å²) in [5.41, 5.74) is 3.25. The molecule has 0 aliphatic heterocycles. The largest absolute Gasteiger partial charge is 0.497 e. The van der Waals surface area contributed by atoms with Crippen molar-refractivity contribution < 1.29 is 14.3 Å². The number of nitrogens with zero attached hydrogens (tertiary/aromatic N) is 3. The Kier molecular flexibility index (Phi) is 6.72. The second-order valence-corrected chi connectivity index (χ2v) is 7.81. The van der Waals surface area contributed by atoms with E-state index in [1.54, 1.807) is 25.4 Å². The maximum absolute atomic E-state index is 12.6. The highest BCUT2D eigenvalue weighted by atomic mass is 32.1. The molecule has 0 bridgehead atoms. The summed E-state index contributed by atoms with van der Waals surface area (Å²) >= 11 is 1.18. The van der Waals surface area contributed by atoms with E-state index in [9.17, 15) is 4.79 Å². The molecule has 0 atom stereocenters. The van der Waals surface area contributed by atoms with Crippen molar-refractivity contribution in [2.24, 2.45) is 0 Å². The Morgan fingerprint density at radius 3 is 2.81 bits per heavy atom. The molecule has 0 radical (unpaired) electrons. The number of nitrogens with one attached hydrogen (secondary N) is 1. The van der Waals surface area contributed by atoms with Crippen LogP contribution in [0.15, 0.2) is 66.9 Å². The van der Waals surface area contributed by atoms with Crippen LogP contribution in [-0.2, 0) is 13.0 Å². The summed E-state index contributed by atoms with van der Waals surface area (Å²) in [5.74, 6) is 1.83. The third kappa shape index (κ3) is 5.47. The number of hydrogen-bond donors (Lipinski definition) is 1. The number of methoxy groups -OCH3 is 1. The van der Waals surface area contributed by atoms with Crippen LogP contribution in [0.1, 0.15) is 33.0 Å². The van der Waals surface area contributed by atoms with Crippen molar-refractivity contribution in [2.75, 3.05) is 7.11 Å². The zero-order valence-electron chi connectivity index (χ0n) is 17.7. The van der Waals surface area contributed by atoms with Crippen LogP contribution in [0.2, 0.25) is 0 Å². The number of rotatable bonds is 8. The molecule has 0 aliphatic rings. The quantitative estimate of drug-likeness (QED) is 0.427. The lowest BCUT2D eigenvalue weighted by atomic mass is 10.1. The van der Waals surface area contributed by atoms with Crippen LogP contribution in [0, 0.1) is 6.92 Å². The van der Waals surface area contributed by atoms with E-state index in [2.05, 4.69) is 19.7 Å². The molecule has 4 rings (SSSR count). The van der Waals surface area contributed by atoms with Crippen LogP contribution in [0.4, 0.5) is 0 Å². The van der Waals surface area contributed by atoms with Gasteiger partial charge in [0.1, 0.15) is 11.5 Å². The number of hydrogen-bond acceptors (Lipinski definition) is 7. The van der Waals surface area contributed by atoms with Gasteiger partial charge >= 0.3 is 0 Å². The minimum absolute atomic E-state index is 0.198. The van der Waals surface area contributed by atoms with Crippen molar-refractivity contribution in [3.8, 4) is 16.7 Å². The topological polar surface area (TPSA) is 86.2 Å². The van der Waals surface area contributed by atoms with E-state index in [-0.39, 0.29) is 5.91 Å². The molecule has 7 nitrogen and oxygen atoms in total. The molecule has 8 heteroatoms. The van der Waals surface area contributed by atoms with Gasteiger partial charge in [-0.05, 0) is 54.4 Å². The fourth-order valence-electron chi connectivity index (χ4n) is 3.04. The number of amides is 1. The normalized spacial score (nSPS) is 10.6. The van der Waals surface area contributed by atoms with E-state index in [0.29, 0.717) is 35.3 Å². The Labute approximate surface area is 190 Å². The lowest BCUT2D eigenvalue weighted by Gasteiger charge is -2.09. The minimum atomic E-state index is -0.198. The summed E-state index contributed by atoms with van der Waals surface area (Å²) in [4.78, 5) is 21.3. The van der Waals surface area contributed by atoms with Crippen molar-refractivity contribution in [2.45, 2.75) is 19.9 Å². The molecule has 0 fully saturated rings. The standard InChI is InChI=1S/C24H22N4O3S/c1-16-9-10-18(23(29)26-15-19-7-3-4-11-25-19)14-21(16)31-24-27-22(28-32-24)13-17-6-5-8-20(12-17)30-2/h3-12,14H,13,15H2,1-2H3,(H,26,29). The summed E-state index contributed by atoms with van der Waals surface area (Å²) in [6.07, 6.45) is 2.27. The molecular formula is C24H22N4O3S. The average Bonchev–Trinajstić information content (AvgIpc) is 3.26. The molecule has 1 amide bonds. The Bertz CT molecular complexity index is 1210. The molecule has 2 aromatic heterocycles. The van der Waals surface area contributed by atoms with Crippen molar-refractivity contribution in [3.05, 3.63) is 95.1 Å². The summed E-state index contributed by atoms with van der Waals surface area (Å²) < 4.78 is 15.6. The Morgan fingerprint density at radius 1 is 1.09 bits per heavy atom. The van der Waals surface area contributed by atoms with Crippen molar-refractivity contribution in [1.29, 1.82) is 0 Å². The Morgan fingerprint density at radius 2 is 2.00 bits per heavy atom. The summed E-state index contributed by atoms with van der Waals surface area (Å²) in [7, 11) is 1.64. The highest BCUT2D eigenvalue weighted by Crippen LogP contribution is 2.28. The van der Waals surface area contributed by atoms with Crippen LogP contribution in [0.5, 0.6) is 16.7 Å². The predicted molar refractivity (Wildman–Crippen MR) is 122 cm³/mol. The summed E-state index contributed by atoms with van der Waals surface area (Å²) in [6, 6.07) is 18.7. The highest BCUT2D eigenvalue weighted by Gasteiger charge is 2.13. The maximum Gasteiger partial charge on any atom is 0.298 e. The van der Waals surface area contributed by atoms with Gasteiger partial charge in [0, 0.05) is 29.7 Å². The predicted octanol–water partition coefficient (Wildman–Crippen LogP) is 4.56. The minimum Gasteiger partial charge on any atom is -0.497 e. The number of carbonyl (C=O) groups is 1. The summed E-state index contributed by atoms with van der Waals surface area (Å²) in [5, 5.41) is 3.30. The molecular weight excluding hydrogens is 424 g/mol. The van der Waals surface area contributed by atoms with E-state index in [1.807, 2.05) is 55.5 Å². The third-order valence-electron chi connectivity index (χ3n) is 4.75. The molecule has 162 valence electrons. The molecule has 0 saturated carbocycles. The second kappa shape index (κ2) is 10.0. The molecule has 0 unspecified atom stereocenters.